The molecule has 1 aromatic carbocycles. The van der Waals surface area contributed by atoms with Crippen LogP contribution in [0.5, 0.6) is 0 Å². The average Bonchev–Trinajstić information content (AvgIpc) is 2.47. The van der Waals surface area contributed by atoms with Crippen molar-refractivity contribution in [3.05, 3.63) is 24.3 Å². The van der Waals surface area contributed by atoms with Gasteiger partial charge in [0.1, 0.15) is 11.9 Å². The Balaban J connectivity index is 2.08. The van der Waals surface area contributed by atoms with Gasteiger partial charge in [-0.25, -0.2) is 8.42 Å². The lowest BCUT2D eigenvalue weighted by Gasteiger charge is -2.27. The number of nitrogens with one attached hydrogen (secondary N) is 2. The fourth-order valence-corrected chi connectivity index (χ4v) is 4.30. The van der Waals surface area contributed by atoms with E-state index in [2.05, 4.69) is 10.0 Å². The maximum absolute atomic E-state index is 12.4. The van der Waals surface area contributed by atoms with E-state index in [1.807, 2.05) is 0 Å². The van der Waals surface area contributed by atoms with E-state index in [4.69, 9.17) is 4.74 Å². The van der Waals surface area contributed by atoms with Gasteiger partial charge in [-0.2, -0.15) is 0 Å². The SMILES string of the molecule is COCC(=O)Nc1cccc(NS(=O)(=O)[C@@H]2CCCC[C@H]2O)c1. The number of hydrogen-bond acceptors (Lipinski definition) is 5. The molecule has 1 saturated carbocycles. The Kier molecular flexibility index (Phi) is 5.97. The zero-order valence-corrected chi connectivity index (χ0v) is 13.8. The molecule has 128 valence electrons. The standard InChI is InChI=1S/C15H22N2O5S/c1-22-10-15(19)16-11-5-4-6-12(9-11)17-23(20,21)14-8-3-2-7-13(14)18/h4-6,9,13-14,17-18H,2-3,7-8,10H2,1H3,(H,16,19)/t13-,14-/m1/s1. The molecule has 0 aliphatic heterocycles. The summed E-state index contributed by atoms with van der Waals surface area (Å²) in [7, 11) is -2.26. The van der Waals surface area contributed by atoms with E-state index in [1.165, 1.54) is 13.2 Å². The number of methoxy groups -OCH3 is 1. The fraction of sp³-hybridized carbons (Fsp3) is 0.533. The number of ether oxygens (including phenoxy) is 1. The summed E-state index contributed by atoms with van der Waals surface area (Å²) in [6, 6.07) is 6.41. The summed E-state index contributed by atoms with van der Waals surface area (Å²) < 4.78 is 32.1. The molecule has 0 unspecified atom stereocenters. The van der Waals surface area contributed by atoms with Crippen molar-refractivity contribution in [2.24, 2.45) is 0 Å². The molecule has 0 bridgehead atoms. The maximum Gasteiger partial charge on any atom is 0.250 e. The molecule has 0 aromatic heterocycles. The highest BCUT2D eigenvalue weighted by atomic mass is 32.2. The van der Waals surface area contributed by atoms with E-state index in [9.17, 15) is 18.3 Å². The summed E-state index contributed by atoms with van der Waals surface area (Å²) >= 11 is 0. The second-order valence-corrected chi connectivity index (χ2v) is 7.50. The highest BCUT2D eigenvalue weighted by molar-refractivity contribution is 7.93. The third-order valence-electron chi connectivity index (χ3n) is 3.75. The minimum atomic E-state index is -3.68. The van der Waals surface area contributed by atoms with E-state index in [0.717, 1.165) is 12.8 Å². The number of aliphatic hydroxyl groups excluding tert-OH is 1. The van der Waals surface area contributed by atoms with Crippen LogP contribution in [0.3, 0.4) is 0 Å². The number of carbonyl (C=O) groups is 1. The van der Waals surface area contributed by atoms with Crippen LogP contribution in [0, 0.1) is 0 Å². The quantitative estimate of drug-likeness (QED) is 0.723. The first kappa shape index (κ1) is 17.7. The molecule has 0 spiro atoms. The van der Waals surface area contributed by atoms with Crippen LogP contribution in [0.2, 0.25) is 0 Å². The van der Waals surface area contributed by atoms with Crippen LogP contribution in [-0.4, -0.2) is 44.5 Å². The zero-order valence-electron chi connectivity index (χ0n) is 13.0. The van der Waals surface area contributed by atoms with Crippen LogP contribution in [0.1, 0.15) is 25.7 Å². The van der Waals surface area contributed by atoms with Crippen LogP contribution in [0.15, 0.2) is 24.3 Å². The minimum Gasteiger partial charge on any atom is -0.392 e. The van der Waals surface area contributed by atoms with Crippen molar-refractivity contribution in [3.63, 3.8) is 0 Å². The van der Waals surface area contributed by atoms with Gasteiger partial charge in [-0.1, -0.05) is 18.9 Å². The average molecular weight is 342 g/mol. The zero-order chi connectivity index (χ0) is 16.9. The highest BCUT2D eigenvalue weighted by Crippen LogP contribution is 2.26. The smallest absolute Gasteiger partial charge is 0.250 e. The molecule has 1 fully saturated rings. The molecule has 23 heavy (non-hydrogen) atoms. The molecule has 1 amide bonds. The second-order valence-electron chi connectivity index (χ2n) is 5.60. The van der Waals surface area contributed by atoms with E-state index in [0.29, 0.717) is 24.2 Å². The van der Waals surface area contributed by atoms with Gasteiger partial charge >= 0.3 is 0 Å². The second kappa shape index (κ2) is 7.76. The van der Waals surface area contributed by atoms with Crippen molar-refractivity contribution >= 4 is 27.3 Å². The Morgan fingerprint density at radius 3 is 2.70 bits per heavy atom. The molecular formula is C15H22N2O5S. The molecule has 1 aromatic rings. The summed E-state index contributed by atoms with van der Waals surface area (Å²) in [5.74, 6) is -0.324. The molecule has 3 N–H and O–H groups in total. The lowest BCUT2D eigenvalue weighted by atomic mass is 9.97. The Bertz CT molecular complexity index is 647. The third kappa shape index (κ3) is 4.92. The van der Waals surface area contributed by atoms with Gasteiger partial charge in [-0.3, -0.25) is 9.52 Å². The van der Waals surface area contributed by atoms with Crippen LogP contribution < -0.4 is 10.0 Å². The van der Waals surface area contributed by atoms with Crippen LogP contribution in [0.4, 0.5) is 11.4 Å². The lowest BCUT2D eigenvalue weighted by Crippen LogP contribution is -2.40. The number of anilines is 2. The van der Waals surface area contributed by atoms with Crippen molar-refractivity contribution in [2.45, 2.75) is 37.0 Å². The van der Waals surface area contributed by atoms with E-state index < -0.39 is 21.4 Å². The molecular weight excluding hydrogens is 320 g/mol. The van der Waals surface area contributed by atoms with Crippen LogP contribution in [0.25, 0.3) is 0 Å². The van der Waals surface area contributed by atoms with Gasteiger partial charge in [0.15, 0.2) is 0 Å². The molecule has 0 radical (unpaired) electrons. The molecule has 1 aliphatic carbocycles. The van der Waals surface area contributed by atoms with E-state index >= 15 is 0 Å². The normalized spacial score (nSPS) is 21.7. The van der Waals surface area contributed by atoms with Crippen LogP contribution >= 0.6 is 0 Å². The molecule has 2 atom stereocenters. The predicted molar refractivity (Wildman–Crippen MR) is 87.8 cm³/mol. The molecule has 7 nitrogen and oxygen atoms in total. The summed E-state index contributed by atoms with van der Waals surface area (Å²) in [4.78, 5) is 11.5. The minimum absolute atomic E-state index is 0.0791. The maximum atomic E-state index is 12.4. The van der Waals surface area contributed by atoms with Crippen molar-refractivity contribution in [3.8, 4) is 0 Å². The van der Waals surface area contributed by atoms with Crippen molar-refractivity contribution in [1.82, 2.24) is 0 Å². The highest BCUT2D eigenvalue weighted by Gasteiger charge is 2.34. The molecule has 1 aliphatic rings. The first-order valence-electron chi connectivity index (χ1n) is 7.51. The topological polar surface area (TPSA) is 105 Å². The Morgan fingerprint density at radius 2 is 2.00 bits per heavy atom. The number of rotatable bonds is 6. The first-order chi connectivity index (χ1) is 10.9. The number of benzene rings is 1. The van der Waals surface area contributed by atoms with Crippen molar-refractivity contribution in [1.29, 1.82) is 0 Å². The summed E-state index contributed by atoms with van der Waals surface area (Å²) in [6.45, 7) is -0.0791. The Labute approximate surface area is 136 Å². The number of carbonyl (C=O) groups excluding carboxylic acids is 1. The number of amides is 1. The summed E-state index contributed by atoms with van der Waals surface area (Å²) in [5, 5.41) is 11.7. The monoisotopic (exact) mass is 342 g/mol. The summed E-state index contributed by atoms with van der Waals surface area (Å²) in [6.07, 6.45) is 1.73. The predicted octanol–water partition coefficient (Wildman–Crippen LogP) is 1.32. The Morgan fingerprint density at radius 1 is 1.30 bits per heavy atom. The fourth-order valence-electron chi connectivity index (χ4n) is 2.67. The molecule has 8 heteroatoms. The lowest BCUT2D eigenvalue weighted by molar-refractivity contribution is -0.119. The van der Waals surface area contributed by atoms with Gasteiger partial charge in [0.25, 0.3) is 0 Å². The molecule has 0 saturated heterocycles. The van der Waals surface area contributed by atoms with Crippen molar-refractivity contribution < 1.29 is 23.1 Å². The van der Waals surface area contributed by atoms with Gasteiger partial charge in [-0.15, -0.1) is 0 Å². The van der Waals surface area contributed by atoms with Gasteiger partial charge in [0.05, 0.1) is 11.8 Å². The van der Waals surface area contributed by atoms with E-state index in [1.54, 1.807) is 18.2 Å². The summed E-state index contributed by atoms with van der Waals surface area (Å²) in [5.41, 5.74) is 0.814. The third-order valence-corrected chi connectivity index (χ3v) is 5.62. The van der Waals surface area contributed by atoms with Gasteiger partial charge in [0.2, 0.25) is 15.9 Å². The van der Waals surface area contributed by atoms with Crippen LogP contribution in [-0.2, 0) is 19.6 Å². The van der Waals surface area contributed by atoms with Gasteiger partial charge < -0.3 is 15.2 Å². The van der Waals surface area contributed by atoms with Gasteiger partial charge in [0, 0.05) is 12.8 Å². The van der Waals surface area contributed by atoms with E-state index in [-0.39, 0.29) is 12.5 Å². The Hall–Kier alpha value is -1.64. The number of hydrogen-bond donors (Lipinski definition) is 3. The first-order valence-corrected chi connectivity index (χ1v) is 9.05. The molecule has 2 rings (SSSR count). The van der Waals surface area contributed by atoms with Gasteiger partial charge in [-0.05, 0) is 31.0 Å². The number of sulfonamides is 1. The van der Waals surface area contributed by atoms with Crippen molar-refractivity contribution in [2.75, 3.05) is 23.8 Å². The largest absolute Gasteiger partial charge is 0.392 e. The molecule has 0 heterocycles. The number of aliphatic hydroxyl groups is 1.